The number of methoxy groups -OCH3 is 3. The SMILES string of the molecule is CCOC(=O)C1=C(C)NC2=C(C(=O)[C@H](C(=O)OC)[C@H](C)C2)[C@H]1c1cc(Br)c(OC)c(OC)c1. The number of halogens is 1. The standard InChI is InChI=1S/C24H28BrNO7/c1-7-33-24(29)18-12(3)26-15-8-11(2)17(23(28)32-6)21(27)20(15)19(18)13-9-14(25)22(31-5)16(10-13)30-4/h9-11,17,19,26H,7-8H2,1-6H3/t11-,17-,19+/m1/s1. The lowest BCUT2D eigenvalue weighted by molar-refractivity contribution is -0.151. The molecule has 1 aromatic carbocycles. The zero-order valence-corrected chi connectivity index (χ0v) is 21.1. The van der Waals surface area contributed by atoms with Crippen molar-refractivity contribution in [3.05, 3.63) is 44.7 Å². The summed E-state index contributed by atoms with van der Waals surface area (Å²) in [6.07, 6.45) is 0.458. The first kappa shape index (κ1) is 24.8. The van der Waals surface area contributed by atoms with E-state index in [-0.39, 0.29) is 18.3 Å². The highest BCUT2D eigenvalue weighted by atomic mass is 79.9. The van der Waals surface area contributed by atoms with Crippen LogP contribution in [-0.2, 0) is 23.9 Å². The van der Waals surface area contributed by atoms with Gasteiger partial charge in [-0.2, -0.15) is 0 Å². The molecule has 0 fully saturated rings. The number of carbonyl (C=O) groups is 3. The molecule has 9 heteroatoms. The van der Waals surface area contributed by atoms with Gasteiger partial charge in [-0.15, -0.1) is 0 Å². The number of carbonyl (C=O) groups excluding carboxylic acids is 3. The van der Waals surface area contributed by atoms with Crippen molar-refractivity contribution in [2.24, 2.45) is 11.8 Å². The van der Waals surface area contributed by atoms with Crippen molar-refractivity contribution in [3.8, 4) is 11.5 Å². The molecule has 2 aliphatic rings. The predicted molar refractivity (Wildman–Crippen MR) is 124 cm³/mol. The largest absolute Gasteiger partial charge is 0.493 e. The van der Waals surface area contributed by atoms with E-state index in [1.165, 1.54) is 21.3 Å². The van der Waals surface area contributed by atoms with Crippen LogP contribution in [0.25, 0.3) is 0 Å². The molecular formula is C24H28BrNO7. The van der Waals surface area contributed by atoms with E-state index in [0.717, 1.165) is 0 Å². The Kier molecular flexibility index (Phi) is 7.51. The molecule has 1 N–H and O–H groups in total. The van der Waals surface area contributed by atoms with Crippen LogP contribution in [0.5, 0.6) is 11.5 Å². The molecule has 1 aromatic rings. The van der Waals surface area contributed by atoms with Gasteiger partial charge in [-0.3, -0.25) is 9.59 Å². The summed E-state index contributed by atoms with van der Waals surface area (Å²) in [5.41, 5.74) is 2.58. The van der Waals surface area contributed by atoms with Gasteiger partial charge in [-0.05, 0) is 59.8 Å². The van der Waals surface area contributed by atoms with Crippen molar-refractivity contribution >= 4 is 33.7 Å². The van der Waals surface area contributed by atoms with Crippen LogP contribution in [0.4, 0.5) is 0 Å². The van der Waals surface area contributed by atoms with Gasteiger partial charge in [0.25, 0.3) is 0 Å². The summed E-state index contributed by atoms with van der Waals surface area (Å²) in [5, 5.41) is 3.23. The first-order chi connectivity index (χ1) is 15.7. The van der Waals surface area contributed by atoms with Gasteiger partial charge >= 0.3 is 11.9 Å². The first-order valence-electron chi connectivity index (χ1n) is 10.6. The van der Waals surface area contributed by atoms with E-state index >= 15 is 0 Å². The van der Waals surface area contributed by atoms with E-state index < -0.39 is 23.8 Å². The molecule has 0 spiro atoms. The van der Waals surface area contributed by atoms with E-state index in [9.17, 15) is 14.4 Å². The van der Waals surface area contributed by atoms with Crippen LogP contribution in [0.1, 0.15) is 38.7 Å². The number of benzene rings is 1. The quantitative estimate of drug-likeness (QED) is 0.447. The summed E-state index contributed by atoms with van der Waals surface area (Å²) in [7, 11) is 4.30. The zero-order chi connectivity index (χ0) is 24.4. The molecule has 178 valence electrons. The Morgan fingerprint density at radius 1 is 1.18 bits per heavy atom. The van der Waals surface area contributed by atoms with E-state index in [0.29, 0.717) is 50.5 Å². The molecule has 1 heterocycles. The summed E-state index contributed by atoms with van der Waals surface area (Å²) >= 11 is 3.50. The van der Waals surface area contributed by atoms with Crippen LogP contribution >= 0.6 is 15.9 Å². The second-order valence-electron chi connectivity index (χ2n) is 7.99. The number of ketones is 1. The lowest BCUT2D eigenvalue weighted by atomic mass is 9.69. The molecule has 3 atom stereocenters. The Morgan fingerprint density at radius 2 is 1.88 bits per heavy atom. The van der Waals surface area contributed by atoms with Gasteiger partial charge in [0, 0.05) is 22.9 Å². The fraction of sp³-hybridized carbons (Fsp3) is 0.458. The Hall–Kier alpha value is -2.81. The normalized spacial score (nSPS) is 22.4. The van der Waals surface area contributed by atoms with Gasteiger partial charge in [-0.1, -0.05) is 6.92 Å². The molecule has 1 aliphatic heterocycles. The topological polar surface area (TPSA) is 100 Å². The molecule has 0 saturated carbocycles. The molecule has 33 heavy (non-hydrogen) atoms. The molecular weight excluding hydrogens is 494 g/mol. The lowest BCUT2D eigenvalue weighted by Gasteiger charge is -2.38. The van der Waals surface area contributed by atoms with E-state index in [1.807, 2.05) is 6.92 Å². The monoisotopic (exact) mass is 521 g/mol. The van der Waals surface area contributed by atoms with Crippen molar-refractivity contribution in [3.63, 3.8) is 0 Å². The fourth-order valence-corrected chi connectivity index (χ4v) is 5.22. The molecule has 0 amide bonds. The second kappa shape index (κ2) is 9.99. The van der Waals surface area contributed by atoms with E-state index in [1.54, 1.807) is 26.0 Å². The minimum absolute atomic E-state index is 0.180. The van der Waals surface area contributed by atoms with Gasteiger partial charge in [0.2, 0.25) is 0 Å². The maximum absolute atomic E-state index is 13.7. The van der Waals surface area contributed by atoms with Gasteiger partial charge in [0.05, 0.1) is 38.0 Å². The number of allylic oxidation sites excluding steroid dienone is 3. The second-order valence-corrected chi connectivity index (χ2v) is 8.85. The average molecular weight is 522 g/mol. The van der Waals surface area contributed by atoms with Crippen LogP contribution in [-0.4, -0.2) is 45.7 Å². The minimum atomic E-state index is -0.955. The van der Waals surface area contributed by atoms with Gasteiger partial charge in [0.1, 0.15) is 5.92 Å². The van der Waals surface area contributed by atoms with Crippen molar-refractivity contribution in [2.75, 3.05) is 27.9 Å². The lowest BCUT2D eigenvalue weighted by Crippen LogP contribution is -2.43. The maximum Gasteiger partial charge on any atom is 0.336 e. The molecule has 3 rings (SSSR count). The van der Waals surface area contributed by atoms with E-state index in [4.69, 9.17) is 18.9 Å². The number of esters is 2. The third-order valence-electron chi connectivity index (χ3n) is 6.03. The summed E-state index contributed by atoms with van der Waals surface area (Å²) in [5.74, 6) is -2.55. The third kappa shape index (κ3) is 4.38. The smallest absolute Gasteiger partial charge is 0.336 e. The van der Waals surface area contributed by atoms with Gasteiger partial charge < -0.3 is 24.3 Å². The highest BCUT2D eigenvalue weighted by molar-refractivity contribution is 9.10. The maximum atomic E-state index is 13.7. The van der Waals surface area contributed by atoms with Crippen molar-refractivity contribution in [1.29, 1.82) is 0 Å². The number of hydrogen-bond donors (Lipinski definition) is 1. The molecule has 0 radical (unpaired) electrons. The Morgan fingerprint density at radius 3 is 2.45 bits per heavy atom. The molecule has 0 unspecified atom stereocenters. The first-order valence-corrected chi connectivity index (χ1v) is 11.4. The Bertz CT molecular complexity index is 1060. The molecule has 0 aromatic heterocycles. The summed E-state index contributed by atoms with van der Waals surface area (Å²) in [6, 6.07) is 3.52. The molecule has 0 saturated heterocycles. The van der Waals surface area contributed by atoms with E-state index in [2.05, 4.69) is 21.2 Å². The molecule has 1 aliphatic carbocycles. The van der Waals surface area contributed by atoms with Crippen molar-refractivity contribution in [1.82, 2.24) is 5.32 Å². The summed E-state index contributed by atoms with van der Waals surface area (Å²) < 4.78 is 21.8. The molecule has 8 nitrogen and oxygen atoms in total. The van der Waals surface area contributed by atoms with Crippen LogP contribution < -0.4 is 14.8 Å². The highest BCUT2D eigenvalue weighted by Gasteiger charge is 2.47. The van der Waals surface area contributed by atoms with Crippen molar-refractivity contribution < 1.29 is 33.3 Å². The van der Waals surface area contributed by atoms with Gasteiger partial charge in [-0.25, -0.2) is 4.79 Å². The zero-order valence-electron chi connectivity index (χ0n) is 19.5. The van der Waals surface area contributed by atoms with Gasteiger partial charge in [0.15, 0.2) is 17.3 Å². The number of nitrogens with one attached hydrogen (secondary N) is 1. The van der Waals surface area contributed by atoms with Crippen LogP contribution in [0.15, 0.2) is 39.1 Å². The molecule has 0 bridgehead atoms. The number of hydrogen-bond acceptors (Lipinski definition) is 8. The van der Waals surface area contributed by atoms with Crippen LogP contribution in [0.2, 0.25) is 0 Å². The number of dihydropyridines is 1. The summed E-state index contributed by atoms with van der Waals surface area (Å²) in [4.78, 5) is 39.3. The Labute approximate surface area is 201 Å². The fourth-order valence-electron chi connectivity index (χ4n) is 4.60. The minimum Gasteiger partial charge on any atom is -0.493 e. The van der Waals surface area contributed by atoms with Crippen LogP contribution in [0.3, 0.4) is 0 Å². The third-order valence-corrected chi connectivity index (χ3v) is 6.62. The number of rotatable bonds is 6. The number of ether oxygens (including phenoxy) is 4. The van der Waals surface area contributed by atoms with Crippen molar-refractivity contribution in [2.45, 2.75) is 33.1 Å². The highest BCUT2D eigenvalue weighted by Crippen LogP contribution is 2.48. The van der Waals surface area contributed by atoms with Crippen LogP contribution in [0, 0.1) is 11.8 Å². The predicted octanol–water partition coefficient (Wildman–Crippen LogP) is 3.64. The number of Topliss-reactive ketones (excluding diaryl/α,β-unsaturated/α-hetero) is 1. The Balaban J connectivity index is 2.27. The average Bonchev–Trinajstić information content (AvgIpc) is 2.77. The summed E-state index contributed by atoms with van der Waals surface area (Å²) in [6.45, 7) is 5.52.